The third kappa shape index (κ3) is 4.20. The van der Waals surface area contributed by atoms with Crippen LogP contribution in [-0.4, -0.2) is 82.6 Å². The Balaban J connectivity index is 1.51. The molecule has 4 amide bonds. The highest BCUT2D eigenvalue weighted by Crippen LogP contribution is 2.53. The third-order valence-corrected chi connectivity index (χ3v) is 8.60. The molecule has 4 atom stereocenters. The Hall–Kier alpha value is -4.27. The zero-order chi connectivity index (χ0) is 28.0. The summed E-state index contributed by atoms with van der Waals surface area (Å²) in [5.74, 6) is -4.31. The van der Waals surface area contributed by atoms with E-state index >= 15 is 0 Å². The summed E-state index contributed by atoms with van der Waals surface area (Å²) in [5.41, 5.74) is 0.0356. The van der Waals surface area contributed by atoms with Crippen LogP contribution in [0.5, 0.6) is 0 Å². The molecular weight excluding hydrogens is 510 g/mol. The van der Waals surface area contributed by atoms with E-state index < -0.39 is 47.7 Å². The summed E-state index contributed by atoms with van der Waals surface area (Å²) < 4.78 is 4.76. The number of rotatable bonds is 8. The number of carbonyl (C=O) groups is 5. The number of imide groups is 1. The summed E-state index contributed by atoms with van der Waals surface area (Å²) in [4.78, 5) is 72.7. The van der Waals surface area contributed by atoms with Crippen LogP contribution in [0.4, 0.5) is 0 Å². The molecule has 0 radical (unpaired) electrons. The molecule has 9 nitrogen and oxygen atoms in total. The van der Waals surface area contributed by atoms with Gasteiger partial charge in [-0.15, -0.1) is 0 Å². The molecule has 0 aromatic heterocycles. The van der Waals surface area contributed by atoms with Crippen molar-refractivity contribution in [1.82, 2.24) is 14.7 Å². The van der Waals surface area contributed by atoms with Gasteiger partial charge in [-0.2, -0.15) is 0 Å². The highest BCUT2D eigenvalue weighted by molar-refractivity contribution is 6.14. The predicted octanol–water partition coefficient (Wildman–Crippen LogP) is 1.92. The van der Waals surface area contributed by atoms with Crippen molar-refractivity contribution in [3.63, 3.8) is 0 Å². The number of likely N-dealkylation sites (tertiary alicyclic amines) is 1. The summed E-state index contributed by atoms with van der Waals surface area (Å²) >= 11 is 0. The topological polar surface area (TPSA) is 104 Å². The van der Waals surface area contributed by atoms with Crippen molar-refractivity contribution in [2.24, 2.45) is 17.8 Å². The number of piperazine rings is 1. The van der Waals surface area contributed by atoms with Gasteiger partial charge in [-0.1, -0.05) is 72.8 Å². The SMILES string of the molecule is COC(=O)CN1C(=O)C2C(C=Cc3ccccc3)N3C(=O)CN(CC4CC4)C(=O)[C@@]3(Cc3ccccc3)C2C1=O. The van der Waals surface area contributed by atoms with Crippen molar-refractivity contribution in [3.05, 3.63) is 77.9 Å². The van der Waals surface area contributed by atoms with Gasteiger partial charge in [-0.25, -0.2) is 0 Å². The van der Waals surface area contributed by atoms with Crippen LogP contribution in [0.15, 0.2) is 66.7 Å². The molecule has 2 aromatic carbocycles. The second kappa shape index (κ2) is 10.0. The van der Waals surface area contributed by atoms with Crippen LogP contribution in [-0.2, 0) is 35.1 Å². The zero-order valence-electron chi connectivity index (χ0n) is 22.3. The molecule has 0 N–H and O–H groups in total. The first-order chi connectivity index (χ1) is 19.3. The Morgan fingerprint density at radius 2 is 1.65 bits per heavy atom. The molecule has 1 aliphatic carbocycles. The quantitative estimate of drug-likeness (QED) is 0.374. The van der Waals surface area contributed by atoms with Crippen molar-refractivity contribution < 1.29 is 28.7 Å². The maximum atomic E-state index is 14.6. The van der Waals surface area contributed by atoms with E-state index in [1.165, 1.54) is 12.0 Å². The summed E-state index contributed by atoms with van der Waals surface area (Å²) in [6.07, 6.45) is 5.64. The number of hydrogen-bond donors (Lipinski definition) is 0. The number of nitrogens with zero attached hydrogens (tertiary/aromatic N) is 3. The van der Waals surface area contributed by atoms with Crippen molar-refractivity contribution in [3.8, 4) is 0 Å². The van der Waals surface area contributed by atoms with E-state index in [2.05, 4.69) is 0 Å². The van der Waals surface area contributed by atoms with Gasteiger partial charge in [0.25, 0.3) is 0 Å². The molecule has 0 bridgehead atoms. The lowest BCUT2D eigenvalue weighted by Crippen LogP contribution is -2.71. The van der Waals surface area contributed by atoms with E-state index in [4.69, 9.17) is 4.74 Å². The highest BCUT2D eigenvalue weighted by Gasteiger charge is 2.74. The second-order valence-corrected chi connectivity index (χ2v) is 11.1. The van der Waals surface area contributed by atoms with Gasteiger partial charge in [-0.3, -0.25) is 28.9 Å². The molecule has 4 fully saturated rings. The minimum atomic E-state index is -1.60. The summed E-state index contributed by atoms with van der Waals surface area (Å²) in [6, 6.07) is 17.9. The monoisotopic (exact) mass is 541 g/mol. The number of fused-ring (bicyclic) bond motifs is 3. The van der Waals surface area contributed by atoms with Crippen LogP contribution in [0.1, 0.15) is 24.0 Å². The average Bonchev–Trinajstić information content (AvgIpc) is 3.69. The van der Waals surface area contributed by atoms with Gasteiger partial charge < -0.3 is 14.5 Å². The number of esters is 1. The molecule has 9 heteroatoms. The smallest absolute Gasteiger partial charge is 0.325 e. The van der Waals surface area contributed by atoms with Gasteiger partial charge in [0.2, 0.25) is 23.6 Å². The molecule has 0 spiro atoms. The molecule has 6 rings (SSSR count). The molecule has 2 aromatic rings. The normalized spacial score (nSPS) is 27.9. The number of carbonyl (C=O) groups excluding carboxylic acids is 5. The molecule has 1 saturated carbocycles. The largest absolute Gasteiger partial charge is 0.468 e. The fraction of sp³-hybridized carbons (Fsp3) is 0.387. The summed E-state index contributed by atoms with van der Waals surface area (Å²) in [6.45, 7) is -0.175. The zero-order valence-corrected chi connectivity index (χ0v) is 22.3. The lowest BCUT2D eigenvalue weighted by Gasteiger charge is -2.49. The molecular formula is C31H31N3O6. The van der Waals surface area contributed by atoms with Crippen LogP contribution in [0.25, 0.3) is 6.08 Å². The lowest BCUT2D eigenvalue weighted by molar-refractivity contribution is -0.168. The van der Waals surface area contributed by atoms with Crippen LogP contribution in [0.3, 0.4) is 0 Å². The van der Waals surface area contributed by atoms with Crippen LogP contribution < -0.4 is 0 Å². The van der Waals surface area contributed by atoms with E-state index in [-0.39, 0.29) is 24.8 Å². The van der Waals surface area contributed by atoms with Crippen molar-refractivity contribution in [2.45, 2.75) is 30.8 Å². The van der Waals surface area contributed by atoms with Gasteiger partial charge in [-0.05, 0) is 29.9 Å². The van der Waals surface area contributed by atoms with Crippen molar-refractivity contribution >= 4 is 35.7 Å². The highest BCUT2D eigenvalue weighted by atomic mass is 16.5. The molecule has 40 heavy (non-hydrogen) atoms. The number of amides is 4. The molecule has 3 aliphatic heterocycles. The van der Waals surface area contributed by atoms with E-state index in [9.17, 15) is 24.0 Å². The number of benzene rings is 2. The van der Waals surface area contributed by atoms with Gasteiger partial charge in [0.1, 0.15) is 12.1 Å². The maximum absolute atomic E-state index is 14.6. The molecule has 3 saturated heterocycles. The molecule has 4 aliphatic rings. The Kier molecular flexibility index (Phi) is 6.52. The van der Waals surface area contributed by atoms with Crippen molar-refractivity contribution in [2.75, 3.05) is 26.7 Å². The van der Waals surface area contributed by atoms with Crippen molar-refractivity contribution in [1.29, 1.82) is 0 Å². The minimum Gasteiger partial charge on any atom is -0.468 e. The number of methoxy groups -OCH3 is 1. The summed E-state index contributed by atoms with van der Waals surface area (Å²) in [5, 5.41) is 0. The Bertz CT molecular complexity index is 1390. The molecule has 3 unspecified atom stereocenters. The minimum absolute atomic E-state index is 0.0848. The van der Waals surface area contributed by atoms with Gasteiger partial charge in [0.15, 0.2) is 0 Å². The third-order valence-electron chi connectivity index (χ3n) is 8.60. The van der Waals surface area contributed by atoms with E-state index in [1.807, 2.05) is 66.7 Å². The average molecular weight is 542 g/mol. The fourth-order valence-electron chi connectivity index (χ4n) is 6.65. The molecule has 206 valence electrons. The van der Waals surface area contributed by atoms with E-state index in [0.29, 0.717) is 12.5 Å². The predicted molar refractivity (Wildman–Crippen MR) is 144 cm³/mol. The van der Waals surface area contributed by atoms with E-state index in [1.54, 1.807) is 11.0 Å². The number of hydrogen-bond acceptors (Lipinski definition) is 6. The Morgan fingerprint density at radius 3 is 2.30 bits per heavy atom. The maximum Gasteiger partial charge on any atom is 0.325 e. The fourth-order valence-corrected chi connectivity index (χ4v) is 6.65. The molecule has 3 heterocycles. The first kappa shape index (κ1) is 26.0. The summed E-state index contributed by atoms with van der Waals surface area (Å²) in [7, 11) is 1.19. The van der Waals surface area contributed by atoms with Gasteiger partial charge in [0, 0.05) is 13.0 Å². The lowest BCUT2D eigenvalue weighted by atomic mass is 9.74. The number of ether oxygens (including phenoxy) is 1. The van der Waals surface area contributed by atoms with E-state index in [0.717, 1.165) is 28.9 Å². The van der Waals surface area contributed by atoms with Crippen LogP contribution >= 0.6 is 0 Å². The van der Waals surface area contributed by atoms with Crippen LogP contribution in [0, 0.1) is 17.8 Å². The van der Waals surface area contributed by atoms with Gasteiger partial charge in [0.05, 0.1) is 31.5 Å². The standard InChI is InChI=1S/C31H31N3O6/c1-40-25(36)19-33-28(37)26-23(15-14-20-8-4-2-5-9-20)34-24(35)18-32(17-22-12-13-22)30(39)31(34,27(26)29(33)38)16-21-10-6-3-7-11-21/h2-11,14-15,22-23,26-27H,12-13,16-19H2,1H3/t23?,26?,27?,31-/m1/s1. The first-order valence-corrected chi connectivity index (χ1v) is 13.7. The Labute approximate surface area is 232 Å². The first-order valence-electron chi connectivity index (χ1n) is 13.7. The second-order valence-electron chi connectivity index (χ2n) is 11.1. The van der Waals surface area contributed by atoms with Gasteiger partial charge >= 0.3 is 5.97 Å². The Morgan fingerprint density at radius 1 is 0.975 bits per heavy atom. The van der Waals surface area contributed by atoms with Crippen LogP contribution in [0.2, 0.25) is 0 Å².